The second-order valence-corrected chi connectivity index (χ2v) is 5.85. The fourth-order valence-electron chi connectivity index (χ4n) is 2.64. The number of hydrogen-bond donors (Lipinski definition) is 2. The number of amides is 1. The number of nitrogens with zero attached hydrogens (tertiary/aromatic N) is 1. The molecule has 0 bridgehead atoms. The summed E-state index contributed by atoms with van der Waals surface area (Å²) in [5.74, 6) is -0.651. The molecule has 2 rings (SSSR count). The smallest absolute Gasteiger partial charge is 0.396 e. The van der Waals surface area contributed by atoms with Crippen molar-refractivity contribution >= 4 is 11.6 Å². The van der Waals surface area contributed by atoms with Crippen molar-refractivity contribution < 1.29 is 23.1 Å². The number of anilines is 1. The standard InChI is InChI=1S/C16H21F3N2O2/c17-16(18,19)9-15(23)20-10-12-1-3-14(4-2-12)21-7-5-13(11-22)6-8-21/h1-4,13,22H,5-11H2,(H,20,23). The molecule has 1 aliphatic rings. The van der Waals surface area contributed by atoms with Gasteiger partial charge in [0.25, 0.3) is 0 Å². The minimum absolute atomic E-state index is 0.0851. The van der Waals surface area contributed by atoms with Crippen LogP contribution in [-0.2, 0) is 11.3 Å². The van der Waals surface area contributed by atoms with Crippen LogP contribution in [0.5, 0.6) is 0 Å². The molecular weight excluding hydrogens is 309 g/mol. The van der Waals surface area contributed by atoms with Crippen LogP contribution in [0.25, 0.3) is 0 Å². The van der Waals surface area contributed by atoms with Crippen LogP contribution in [0, 0.1) is 5.92 Å². The molecule has 0 spiro atoms. The van der Waals surface area contributed by atoms with Crippen molar-refractivity contribution in [1.29, 1.82) is 0 Å². The van der Waals surface area contributed by atoms with E-state index in [2.05, 4.69) is 10.2 Å². The predicted molar refractivity (Wildman–Crippen MR) is 81.0 cm³/mol. The van der Waals surface area contributed by atoms with Gasteiger partial charge in [0.15, 0.2) is 0 Å². The summed E-state index contributed by atoms with van der Waals surface area (Å²) in [5.41, 5.74) is 1.81. The highest BCUT2D eigenvalue weighted by molar-refractivity contribution is 5.76. The first-order valence-electron chi connectivity index (χ1n) is 7.65. The third kappa shape index (κ3) is 5.74. The minimum Gasteiger partial charge on any atom is -0.396 e. The van der Waals surface area contributed by atoms with Gasteiger partial charge in [-0.15, -0.1) is 0 Å². The lowest BCUT2D eigenvalue weighted by atomic mass is 9.97. The lowest BCUT2D eigenvalue weighted by molar-refractivity contribution is -0.153. The van der Waals surface area contributed by atoms with Gasteiger partial charge in [-0.25, -0.2) is 0 Å². The number of nitrogens with one attached hydrogen (secondary N) is 1. The Labute approximate surface area is 133 Å². The zero-order chi connectivity index (χ0) is 16.9. The number of carbonyl (C=O) groups excluding carboxylic acids is 1. The average molecular weight is 330 g/mol. The maximum absolute atomic E-state index is 12.1. The first-order valence-corrected chi connectivity index (χ1v) is 7.65. The Hall–Kier alpha value is -1.76. The van der Waals surface area contributed by atoms with Crippen molar-refractivity contribution in [3.63, 3.8) is 0 Å². The van der Waals surface area contributed by atoms with Gasteiger partial charge < -0.3 is 15.3 Å². The number of halogens is 3. The van der Waals surface area contributed by atoms with Crippen LogP contribution >= 0.6 is 0 Å². The van der Waals surface area contributed by atoms with Crippen molar-refractivity contribution in [2.45, 2.75) is 32.0 Å². The van der Waals surface area contributed by atoms with Crippen molar-refractivity contribution in [3.05, 3.63) is 29.8 Å². The van der Waals surface area contributed by atoms with Gasteiger partial charge in [0, 0.05) is 31.9 Å². The normalized spacial score (nSPS) is 16.4. The third-order valence-corrected chi connectivity index (χ3v) is 4.02. The molecule has 4 nitrogen and oxygen atoms in total. The van der Waals surface area contributed by atoms with Crippen molar-refractivity contribution in [2.24, 2.45) is 5.92 Å². The molecule has 1 heterocycles. The van der Waals surface area contributed by atoms with Gasteiger partial charge in [-0.2, -0.15) is 13.2 Å². The second kappa shape index (κ2) is 7.68. The van der Waals surface area contributed by atoms with Gasteiger partial charge in [-0.05, 0) is 36.5 Å². The average Bonchev–Trinajstić information content (AvgIpc) is 2.52. The number of alkyl halides is 3. The molecule has 1 amide bonds. The Bertz CT molecular complexity index is 509. The fourth-order valence-corrected chi connectivity index (χ4v) is 2.64. The summed E-state index contributed by atoms with van der Waals surface area (Å²) in [4.78, 5) is 13.4. The molecule has 0 unspecified atom stereocenters. The van der Waals surface area contributed by atoms with Crippen LogP contribution in [-0.4, -0.2) is 36.9 Å². The predicted octanol–water partition coefficient (Wildman–Crippen LogP) is 2.46. The third-order valence-electron chi connectivity index (χ3n) is 4.02. The van der Waals surface area contributed by atoms with Crippen molar-refractivity contribution in [2.75, 3.05) is 24.6 Å². The van der Waals surface area contributed by atoms with E-state index in [-0.39, 0.29) is 13.2 Å². The molecule has 0 aliphatic carbocycles. The van der Waals surface area contributed by atoms with E-state index in [1.807, 2.05) is 12.1 Å². The topological polar surface area (TPSA) is 52.6 Å². The van der Waals surface area contributed by atoms with Crippen LogP contribution in [0.3, 0.4) is 0 Å². The summed E-state index contributed by atoms with van der Waals surface area (Å²) >= 11 is 0. The molecule has 1 saturated heterocycles. The van der Waals surface area contributed by atoms with E-state index in [9.17, 15) is 18.0 Å². The van der Waals surface area contributed by atoms with E-state index < -0.39 is 18.5 Å². The minimum atomic E-state index is -4.48. The van der Waals surface area contributed by atoms with E-state index in [1.54, 1.807) is 12.1 Å². The fraction of sp³-hybridized carbons (Fsp3) is 0.562. The molecule has 1 aliphatic heterocycles. The zero-order valence-corrected chi connectivity index (χ0v) is 12.8. The van der Waals surface area contributed by atoms with Crippen LogP contribution in [0.15, 0.2) is 24.3 Å². The molecule has 23 heavy (non-hydrogen) atoms. The number of benzene rings is 1. The quantitative estimate of drug-likeness (QED) is 0.872. The molecule has 128 valence electrons. The summed E-state index contributed by atoms with van der Waals surface area (Å²) in [7, 11) is 0. The number of hydrogen-bond acceptors (Lipinski definition) is 3. The number of piperidine rings is 1. The van der Waals surface area contributed by atoms with Gasteiger partial charge in [0.1, 0.15) is 6.42 Å². The monoisotopic (exact) mass is 330 g/mol. The summed E-state index contributed by atoms with van der Waals surface area (Å²) in [6, 6.07) is 7.43. The first-order chi connectivity index (χ1) is 10.9. The molecular formula is C16H21F3N2O2. The van der Waals surface area contributed by atoms with Gasteiger partial charge >= 0.3 is 6.18 Å². The van der Waals surface area contributed by atoms with Gasteiger partial charge in [-0.3, -0.25) is 4.79 Å². The highest BCUT2D eigenvalue weighted by Crippen LogP contribution is 2.23. The maximum Gasteiger partial charge on any atom is 0.397 e. The Kier molecular flexibility index (Phi) is 5.87. The van der Waals surface area contributed by atoms with E-state index in [1.165, 1.54) is 0 Å². The van der Waals surface area contributed by atoms with E-state index >= 15 is 0 Å². The SMILES string of the molecule is O=C(CC(F)(F)F)NCc1ccc(N2CCC(CO)CC2)cc1. The molecule has 0 atom stereocenters. The number of aliphatic hydroxyl groups is 1. The maximum atomic E-state index is 12.1. The molecule has 1 aromatic rings. The second-order valence-electron chi connectivity index (χ2n) is 5.85. The van der Waals surface area contributed by atoms with E-state index in [4.69, 9.17) is 5.11 Å². The van der Waals surface area contributed by atoms with Crippen LogP contribution in [0.4, 0.5) is 18.9 Å². The molecule has 0 radical (unpaired) electrons. The van der Waals surface area contributed by atoms with E-state index in [0.29, 0.717) is 5.92 Å². The largest absolute Gasteiger partial charge is 0.397 e. The summed E-state index contributed by atoms with van der Waals surface area (Å²) in [6.07, 6.45) is -4.03. The Morgan fingerprint density at radius 1 is 1.22 bits per heavy atom. The summed E-state index contributed by atoms with van der Waals surface area (Å²) in [6.45, 7) is 2.08. The summed E-state index contributed by atoms with van der Waals surface area (Å²) in [5, 5.41) is 11.4. The lowest BCUT2D eigenvalue weighted by Gasteiger charge is -2.33. The lowest BCUT2D eigenvalue weighted by Crippen LogP contribution is -2.34. The molecule has 2 N–H and O–H groups in total. The molecule has 0 aromatic heterocycles. The van der Waals surface area contributed by atoms with Crippen molar-refractivity contribution in [1.82, 2.24) is 5.32 Å². The number of carbonyl (C=O) groups is 1. The molecule has 7 heteroatoms. The summed E-state index contributed by atoms with van der Waals surface area (Å²) < 4.78 is 36.2. The number of rotatable bonds is 5. The highest BCUT2D eigenvalue weighted by atomic mass is 19.4. The molecule has 1 aromatic carbocycles. The highest BCUT2D eigenvalue weighted by Gasteiger charge is 2.30. The Balaban J connectivity index is 1.82. The Morgan fingerprint density at radius 2 is 1.83 bits per heavy atom. The first kappa shape index (κ1) is 17.6. The van der Waals surface area contributed by atoms with Crippen molar-refractivity contribution in [3.8, 4) is 0 Å². The van der Waals surface area contributed by atoms with Crippen LogP contribution in [0.2, 0.25) is 0 Å². The van der Waals surface area contributed by atoms with Gasteiger partial charge in [0.2, 0.25) is 5.91 Å². The Morgan fingerprint density at radius 3 is 2.35 bits per heavy atom. The number of aliphatic hydroxyl groups excluding tert-OH is 1. The van der Waals surface area contributed by atoms with Gasteiger partial charge in [-0.1, -0.05) is 12.1 Å². The van der Waals surface area contributed by atoms with Crippen LogP contribution < -0.4 is 10.2 Å². The zero-order valence-electron chi connectivity index (χ0n) is 12.8. The van der Waals surface area contributed by atoms with E-state index in [0.717, 1.165) is 37.2 Å². The van der Waals surface area contributed by atoms with Crippen LogP contribution in [0.1, 0.15) is 24.8 Å². The molecule has 0 saturated carbocycles. The molecule has 1 fully saturated rings. The van der Waals surface area contributed by atoms with Gasteiger partial charge in [0.05, 0.1) is 0 Å².